The zero-order valence-corrected chi connectivity index (χ0v) is 14.3. The summed E-state index contributed by atoms with van der Waals surface area (Å²) in [7, 11) is 0. The zero-order valence-electron chi connectivity index (χ0n) is 13.5. The smallest absolute Gasteiger partial charge is 0.236 e. The number of likely N-dealkylation sites (tertiary alicyclic amines) is 1. The summed E-state index contributed by atoms with van der Waals surface area (Å²) in [5.74, 6) is 1.29. The lowest BCUT2D eigenvalue weighted by molar-refractivity contribution is -0.130. The van der Waals surface area contributed by atoms with Crippen molar-refractivity contribution in [1.29, 1.82) is 0 Å². The van der Waals surface area contributed by atoms with Crippen LogP contribution in [0.5, 0.6) is 0 Å². The first-order chi connectivity index (χ1) is 10.6. The molecule has 0 radical (unpaired) electrons. The van der Waals surface area contributed by atoms with Crippen LogP contribution in [0, 0.1) is 13.8 Å². The molecule has 0 spiro atoms. The Labute approximate surface area is 137 Å². The van der Waals surface area contributed by atoms with Gasteiger partial charge in [-0.1, -0.05) is 23.8 Å². The molecular weight excluding hydrogens is 294 g/mol. The van der Waals surface area contributed by atoms with Crippen LogP contribution in [0.15, 0.2) is 18.2 Å². The van der Waals surface area contributed by atoms with Crippen molar-refractivity contribution in [3.05, 3.63) is 34.9 Å². The molecule has 0 saturated carbocycles. The first kappa shape index (κ1) is 15.9. The van der Waals surface area contributed by atoms with Gasteiger partial charge < -0.3 is 9.64 Å². The van der Waals surface area contributed by atoms with Crippen LogP contribution in [-0.4, -0.2) is 41.9 Å². The lowest BCUT2D eigenvalue weighted by Gasteiger charge is -2.31. The number of nitrogens with zero attached hydrogens (tertiary/aromatic N) is 1. The van der Waals surface area contributed by atoms with Crippen LogP contribution < -0.4 is 0 Å². The Morgan fingerprint density at radius 1 is 1.23 bits per heavy atom. The van der Waals surface area contributed by atoms with E-state index in [9.17, 15) is 4.79 Å². The van der Waals surface area contributed by atoms with Crippen LogP contribution in [0.25, 0.3) is 0 Å². The number of amides is 1. The summed E-state index contributed by atoms with van der Waals surface area (Å²) < 4.78 is 5.41. The fraction of sp³-hybridized carbons (Fsp3) is 0.611. The summed E-state index contributed by atoms with van der Waals surface area (Å²) in [6.45, 7) is 6.80. The van der Waals surface area contributed by atoms with E-state index in [1.165, 1.54) is 16.7 Å². The van der Waals surface area contributed by atoms with Gasteiger partial charge in [0.15, 0.2) is 0 Å². The highest BCUT2D eigenvalue weighted by atomic mass is 32.2. The summed E-state index contributed by atoms with van der Waals surface area (Å²) in [6, 6.07) is 6.98. The molecule has 22 heavy (non-hydrogen) atoms. The summed E-state index contributed by atoms with van der Waals surface area (Å²) in [4.78, 5) is 14.8. The van der Waals surface area contributed by atoms with Gasteiger partial charge in [0.2, 0.25) is 5.91 Å². The second kappa shape index (κ2) is 7.05. The minimum atomic E-state index is 0.141. The van der Waals surface area contributed by atoms with Crippen molar-refractivity contribution < 1.29 is 9.53 Å². The Hall–Kier alpha value is -1.00. The summed E-state index contributed by atoms with van der Waals surface area (Å²) in [5.41, 5.74) is 3.98. The normalized spacial score (nSPS) is 23.3. The van der Waals surface area contributed by atoms with E-state index in [4.69, 9.17) is 4.74 Å². The molecule has 2 heterocycles. The largest absolute Gasteiger partial charge is 0.381 e. The topological polar surface area (TPSA) is 29.5 Å². The molecule has 2 saturated heterocycles. The van der Waals surface area contributed by atoms with E-state index in [2.05, 4.69) is 36.9 Å². The average molecular weight is 319 g/mol. The van der Waals surface area contributed by atoms with Gasteiger partial charge >= 0.3 is 0 Å². The summed E-state index contributed by atoms with van der Waals surface area (Å²) in [6.07, 6.45) is 2.99. The molecule has 0 unspecified atom stereocenters. The highest BCUT2D eigenvalue weighted by Crippen LogP contribution is 2.31. The molecule has 2 fully saturated rings. The predicted octanol–water partition coefficient (Wildman–Crippen LogP) is 3.32. The van der Waals surface area contributed by atoms with Gasteiger partial charge in [-0.15, -0.1) is 11.8 Å². The first-order valence-corrected chi connectivity index (χ1v) is 9.26. The van der Waals surface area contributed by atoms with E-state index in [0.29, 0.717) is 11.9 Å². The standard InChI is InChI=1S/C18H25NO2S/c1-13-3-4-14(2)15(11-13)12-22-17-5-8-19(18(17)20)16-6-9-21-10-7-16/h3-4,11,16-17H,5-10,12H2,1-2H3/t17-/m0/s1. The van der Waals surface area contributed by atoms with Gasteiger partial charge in [-0.25, -0.2) is 0 Å². The molecule has 2 aliphatic heterocycles. The Kier molecular flexibility index (Phi) is 5.09. The molecule has 120 valence electrons. The fourth-order valence-corrected chi connectivity index (χ4v) is 4.58. The SMILES string of the molecule is Cc1ccc(C)c(CS[C@H]2CCN(C3CCOCC3)C2=O)c1. The molecule has 0 N–H and O–H groups in total. The van der Waals surface area contributed by atoms with Crippen LogP contribution in [-0.2, 0) is 15.3 Å². The number of rotatable bonds is 4. The molecule has 4 heteroatoms. The lowest BCUT2D eigenvalue weighted by Crippen LogP contribution is -2.41. The van der Waals surface area contributed by atoms with Gasteiger partial charge in [-0.2, -0.15) is 0 Å². The van der Waals surface area contributed by atoms with Crippen molar-refractivity contribution in [2.75, 3.05) is 19.8 Å². The van der Waals surface area contributed by atoms with E-state index in [0.717, 1.165) is 44.8 Å². The van der Waals surface area contributed by atoms with Gasteiger partial charge in [0, 0.05) is 31.6 Å². The van der Waals surface area contributed by atoms with Crippen molar-refractivity contribution in [3.8, 4) is 0 Å². The van der Waals surface area contributed by atoms with Gasteiger partial charge in [-0.05, 0) is 44.2 Å². The second-order valence-electron chi connectivity index (χ2n) is 6.39. The second-order valence-corrected chi connectivity index (χ2v) is 7.58. The number of benzene rings is 1. The first-order valence-electron chi connectivity index (χ1n) is 8.21. The molecule has 1 amide bonds. The maximum absolute atomic E-state index is 12.6. The third-order valence-corrected chi connectivity index (χ3v) is 6.08. The maximum Gasteiger partial charge on any atom is 0.236 e. The zero-order chi connectivity index (χ0) is 15.5. The molecule has 0 bridgehead atoms. The Morgan fingerprint density at radius 3 is 2.77 bits per heavy atom. The number of hydrogen-bond donors (Lipinski definition) is 0. The summed E-state index contributed by atoms with van der Waals surface area (Å²) in [5, 5.41) is 0.141. The fourth-order valence-electron chi connectivity index (χ4n) is 3.34. The van der Waals surface area contributed by atoms with Gasteiger partial charge in [0.1, 0.15) is 0 Å². The molecule has 3 nitrogen and oxygen atoms in total. The van der Waals surface area contributed by atoms with Crippen molar-refractivity contribution in [2.45, 2.75) is 50.2 Å². The van der Waals surface area contributed by atoms with E-state index in [-0.39, 0.29) is 5.25 Å². The highest BCUT2D eigenvalue weighted by Gasteiger charge is 2.36. The van der Waals surface area contributed by atoms with Crippen LogP contribution >= 0.6 is 11.8 Å². The van der Waals surface area contributed by atoms with Crippen molar-refractivity contribution in [1.82, 2.24) is 4.90 Å². The van der Waals surface area contributed by atoms with Crippen molar-refractivity contribution >= 4 is 17.7 Å². The molecular formula is C18H25NO2S. The van der Waals surface area contributed by atoms with Crippen molar-refractivity contribution in [3.63, 3.8) is 0 Å². The Morgan fingerprint density at radius 2 is 2.00 bits per heavy atom. The predicted molar refractivity (Wildman–Crippen MR) is 91.2 cm³/mol. The number of thioether (sulfide) groups is 1. The monoisotopic (exact) mass is 319 g/mol. The minimum absolute atomic E-state index is 0.141. The maximum atomic E-state index is 12.6. The van der Waals surface area contributed by atoms with Crippen molar-refractivity contribution in [2.24, 2.45) is 0 Å². The van der Waals surface area contributed by atoms with Gasteiger partial charge in [0.25, 0.3) is 0 Å². The Bertz CT molecular complexity index is 540. The average Bonchev–Trinajstić information content (AvgIpc) is 2.90. The molecule has 2 aliphatic rings. The van der Waals surface area contributed by atoms with Crippen LogP contribution in [0.3, 0.4) is 0 Å². The van der Waals surface area contributed by atoms with E-state index < -0.39 is 0 Å². The van der Waals surface area contributed by atoms with E-state index in [1.807, 2.05) is 11.8 Å². The molecule has 1 atom stereocenters. The molecule has 3 rings (SSSR count). The quantitative estimate of drug-likeness (QED) is 0.853. The number of aryl methyl sites for hydroxylation is 2. The molecule has 1 aromatic rings. The number of carbonyl (C=O) groups excluding carboxylic acids is 1. The molecule has 0 aliphatic carbocycles. The highest BCUT2D eigenvalue weighted by molar-refractivity contribution is 7.99. The minimum Gasteiger partial charge on any atom is -0.381 e. The van der Waals surface area contributed by atoms with E-state index in [1.54, 1.807) is 0 Å². The van der Waals surface area contributed by atoms with Crippen LogP contribution in [0.2, 0.25) is 0 Å². The molecule has 1 aromatic carbocycles. The van der Waals surface area contributed by atoms with Crippen LogP contribution in [0.4, 0.5) is 0 Å². The van der Waals surface area contributed by atoms with E-state index >= 15 is 0 Å². The summed E-state index contributed by atoms with van der Waals surface area (Å²) >= 11 is 1.81. The lowest BCUT2D eigenvalue weighted by atomic mass is 10.1. The third-order valence-electron chi connectivity index (χ3n) is 4.77. The molecule has 0 aromatic heterocycles. The number of carbonyl (C=O) groups is 1. The third kappa shape index (κ3) is 3.49. The van der Waals surface area contributed by atoms with Crippen LogP contribution in [0.1, 0.15) is 36.0 Å². The van der Waals surface area contributed by atoms with Gasteiger partial charge in [0.05, 0.1) is 5.25 Å². The van der Waals surface area contributed by atoms with Gasteiger partial charge in [-0.3, -0.25) is 4.79 Å². The number of ether oxygens (including phenoxy) is 1. The number of hydrogen-bond acceptors (Lipinski definition) is 3. The Balaban J connectivity index is 1.57.